The van der Waals surface area contributed by atoms with Crippen molar-refractivity contribution in [1.82, 2.24) is 0 Å². The first-order valence-corrected chi connectivity index (χ1v) is 18.9. The van der Waals surface area contributed by atoms with E-state index in [0.717, 1.165) is 29.3 Å². The van der Waals surface area contributed by atoms with Crippen molar-refractivity contribution in [2.75, 3.05) is 5.32 Å². The highest BCUT2D eigenvalue weighted by molar-refractivity contribution is 7.86. The Bertz CT molecular complexity index is 2430. The van der Waals surface area contributed by atoms with Crippen LogP contribution < -0.4 is 20.5 Å². The van der Waals surface area contributed by atoms with Crippen LogP contribution in [0, 0.1) is 0 Å². The van der Waals surface area contributed by atoms with E-state index in [2.05, 4.69) is 11.9 Å². The van der Waals surface area contributed by atoms with E-state index in [1.807, 2.05) is 59.7 Å². The van der Waals surface area contributed by atoms with E-state index < -0.39 is 55.9 Å². The minimum atomic E-state index is -4.99. The standard InChI is InChI=1S/C34H35NO10S3/c1-19-15-26-21(16-29(19)47(39,40)41)31(20-11-8-9-14-28(20)46(36,37)38)22-17-30(48(42,43)44)25(18-27(22)45-26)35-32-23(33(2,3)4)12-10-13-24(32)34(5,6)7/h8-18,35H,1H2,2-7H3,(H,36,37,38)(H,39,40,41)(H,42,43,44). The van der Waals surface area contributed by atoms with Gasteiger partial charge in [-0.15, -0.1) is 0 Å². The lowest BCUT2D eigenvalue weighted by atomic mass is 9.78. The first kappa shape index (κ1) is 35.3. The first-order valence-electron chi connectivity index (χ1n) is 14.6. The van der Waals surface area contributed by atoms with Crippen molar-refractivity contribution in [3.8, 4) is 11.5 Å². The van der Waals surface area contributed by atoms with Gasteiger partial charge in [-0.2, -0.15) is 25.3 Å². The number of nitrogens with one attached hydrogen (secondary N) is 1. The highest BCUT2D eigenvalue weighted by atomic mass is 32.2. The SMILES string of the molecule is C=c1cc2c(cc1S(=O)(=O)O)=C(c1ccccc1S(=O)(=O)O)c1cc(S(=O)(=O)O)c(Nc3c(C(C)(C)C)cccc3C(C)(C)C)cc1O2. The Hall–Kier alpha value is -4.05. The fourth-order valence-electron chi connectivity index (χ4n) is 5.80. The minimum absolute atomic E-state index is 0.00194. The van der Waals surface area contributed by atoms with Crippen molar-refractivity contribution in [1.29, 1.82) is 0 Å². The average molecular weight is 714 g/mol. The number of hydrogen-bond donors (Lipinski definition) is 4. The minimum Gasteiger partial charge on any atom is -0.456 e. The largest absolute Gasteiger partial charge is 0.456 e. The molecule has 0 aromatic heterocycles. The molecule has 4 aromatic rings. The predicted molar refractivity (Wildman–Crippen MR) is 182 cm³/mol. The van der Waals surface area contributed by atoms with Crippen LogP contribution in [0.5, 0.6) is 11.5 Å². The quantitative estimate of drug-likeness (QED) is 0.162. The maximum absolute atomic E-state index is 13.0. The van der Waals surface area contributed by atoms with Crippen LogP contribution in [0.15, 0.2) is 81.4 Å². The molecule has 4 aromatic carbocycles. The molecule has 0 atom stereocenters. The molecule has 0 spiro atoms. The highest BCUT2D eigenvalue weighted by Crippen LogP contribution is 2.45. The van der Waals surface area contributed by atoms with Crippen molar-refractivity contribution in [2.45, 2.75) is 67.1 Å². The molecular weight excluding hydrogens is 679 g/mol. The summed E-state index contributed by atoms with van der Waals surface area (Å²) >= 11 is 0. The van der Waals surface area contributed by atoms with Crippen LogP contribution in [0.25, 0.3) is 12.2 Å². The van der Waals surface area contributed by atoms with E-state index in [1.54, 1.807) is 0 Å². The summed E-state index contributed by atoms with van der Waals surface area (Å²) in [4.78, 5) is -1.78. The molecule has 48 heavy (non-hydrogen) atoms. The monoisotopic (exact) mass is 713 g/mol. The molecule has 11 nitrogen and oxygen atoms in total. The molecule has 0 unspecified atom stereocenters. The third kappa shape index (κ3) is 6.64. The van der Waals surface area contributed by atoms with E-state index in [1.165, 1.54) is 30.3 Å². The molecule has 0 bridgehead atoms. The third-order valence-corrected chi connectivity index (χ3v) is 10.7. The smallest absolute Gasteiger partial charge is 0.296 e. The predicted octanol–water partition coefficient (Wildman–Crippen LogP) is 5.53. The number of fused-ring (bicyclic) bond motifs is 2. The molecule has 0 amide bonds. The molecule has 0 radical (unpaired) electrons. The Balaban J connectivity index is 1.94. The lowest BCUT2D eigenvalue weighted by Gasteiger charge is -2.31. The Morgan fingerprint density at radius 1 is 0.625 bits per heavy atom. The zero-order valence-electron chi connectivity index (χ0n) is 27.0. The molecule has 254 valence electrons. The molecule has 1 aliphatic rings. The summed E-state index contributed by atoms with van der Waals surface area (Å²) in [6.07, 6.45) is 0. The summed E-state index contributed by atoms with van der Waals surface area (Å²) in [5.74, 6) is -0.00170. The van der Waals surface area contributed by atoms with Gasteiger partial charge in [-0.05, 0) is 51.4 Å². The maximum Gasteiger partial charge on any atom is 0.296 e. The molecule has 4 N–H and O–H groups in total. The second-order valence-electron chi connectivity index (χ2n) is 13.6. The summed E-state index contributed by atoms with van der Waals surface area (Å²) in [6.45, 7) is 15.7. The molecule has 0 aliphatic carbocycles. The van der Waals surface area contributed by atoms with E-state index in [-0.39, 0.29) is 44.3 Å². The molecule has 1 heterocycles. The number of anilines is 2. The normalized spacial score (nSPS) is 13.8. The van der Waals surface area contributed by atoms with Gasteiger partial charge in [0.2, 0.25) is 0 Å². The fraction of sp³-hybridized carbons (Fsp3) is 0.235. The number of benzene rings is 4. The van der Waals surface area contributed by atoms with E-state index in [0.29, 0.717) is 5.69 Å². The number of para-hydroxylation sites is 1. The number of hydrogen-bond acceptors (Lipinski definition) is 8. The van der Waals surface area contributed by atoms with E-state index in [4.69, 9.17) is 4.74 Å². The van der Waals surface area contributed by atoms with Crippen molar-refractivity contribution < 1.29 is 43.6 Å². The average Bonchev–Trinajstić information content (AvgIpc) is 2.92. The van der Waals surface area contributed by atoms with Gasteiger partial charge in [0.15, 0.2) is 0 Å². The Labute approximate surface area is 279 Å². The van der Waals surface area contributed by atoms with Crippen LogP contribution in [-0.2, 0) is 41.2 Å². The summed E-state index contributed by atoms with van der Waals surface area (Å²) in [6, 6.07) is 15.7. The molecule has 0 saturated carbocycles. The molecule has 14 heteroatoms. The van der Waals surface area contributed by atoms with Crippen LogP contribution in [0.4, 0.5) is 11.4 Å². The molecular formula is C34H35NO10S3. The van der Waals surface area contributed by atoms with Crippen molar-refractivity contribution >= 4 is 53.9 Å². The zero-order valence-corrected chi connectivity index (χ0v) is 29.4. The van der Waals surface area contributed by atoms with Crippen molar-refractivity contribution in [2.24, 2.45) is 0 Å². The number of rotatable bonds is 6. The molecule has 0 saturated heterocycles. The van der Waals surface area contributed by atoms with Crippen LogP contribution >= 0.6 is 0 Å². The zero-order chi connectivity index (χ0) is 35.8. The van der Waals surface area contributed by atoms with Gasteiger partial charge >= 0.3 is 0 Å². The topological polar surface area (TPSA) is 184 Å². The molecule has 1 aliphatic heterocycles. The van der Waals surface area contributed by atoms with Crippen LogP contribution in [0.2, 0.25) is 0 Å². The fourth-order valence-corrected chi connectivity index (χ4v) is 7.81. The van der Waals surface area contributed by atoms with Crippen LogP contribution in [-0.4, -0.2) is 38.9 Å². The summed E-state index contributed by atoms with van der Waals surface area (Å²) < 4.78 is 112. The van der Waals surface area contributed by atoms with Crippen LogP contribution in [0.3, 0.4) is 0 Å². The Morgan fingerprint density at radius 2 is 1.17 bits per heavy atom. The van der Waals surface area contributed by atoms with Crippen LogP contribution in [0.1, 0.15) is 63.8 Å². The van der Waals surface area contributed by atoms with Crippen molar-refractivity contribution in [3.05, 3.63) is 99.4 Å². The van der Waals surface area contributed by atoms with Gasteiger partial charge in [-0.1, -0.05) is 84.5 Å². The summed E-state index contributed by atoms with van der Waals surface area (Å²) in [5.41, 5.74) is 1.19. The molecule has 0 fully saturated rings. The van der Waals surface area contributed by atoms with E-state index in [9.17, 15) is 38.9 Å². The molecule has 5 rings (SSSR count). The Kier molecular flexibility index (Phi) is 8.47. The van der Waals surface area contributed by atoms with Gasteiger partial charge in [0.1, 0.15) is 26.2 Å². The van der Waals surface area contributed by atoms with Gasteiger partial charge in [0, 0.05) is 33.7 Å². The second-order valence-corrected chi connectivity index (χ2v) is 17.7. The van der Waals surface area contributed by atoms with Gasteiger partial charge in [0.05, 0.1) is 5.69 Å². The lowest BCUT2D eigenvalue weighted by Crippen LogP contribution is -2.25. The highest BCUT2D eigenvalue weighted by Gasteiger charge is 2.32. The summed E-state index contributed by atoms with van der Waals surface area (Å²) in [5, 5.41) is 3.05. The van der Waals surface area contributed by atoms with Gasteiger partial charge < -0.3 is 10.1 Å². The third-order valence-electron chi connectivity index (χ3n) is 7.93. The van der Waals surface area contributed by atoms with E-state index >= 15 is 0 Å². The maximum atomic E-state index is 13.0. The van der Waals surface area contributed by atoms with Gasteiger partial charge in [-0.3, -0.25) is 13.7 Å². The Morgan fingerprint density at radius 3 is 1.69 bits per heavy atom. The first-order chi connectivity index (χ1) is 21.9. The second kappa shape index (κ2) is 11.5. The summed E-state index contributed by atoms with van der Waals surface area (Å²) in [7, 11) is -14.7. The number of ether oxygens (including phenoxy) is 1. The van der Waals surface area contributed by atoms with Gasteiger partial charge in [0.25, 0.3) is 30.4 Å². The van der Waals surface area contributed by atoms with Crippen molar-refractivity contribution in [3.63, 3.8) is 0 Å². The van der Waals surface area contributed by atoms with Gasteiger partial charge in [-0.25, -0.2) is 0 Å². The lowest BCUT2D eigenvalue weighted by molar-refractivity contribution is 0.466.